The highest BCUT2D eigenvalue weighted by molar-refractivity contribution is 6.31. The zero-order valence-electron chi connectivity index (χ0n) is 15.5. The third-order valence-corrected chi connectivity index (χ3v) is 5.45. The number of nitrogens with one attached hydrogen (secondary N) is 1. The molecule has 2 aromatic carbocycles. The highest BCUT2D eigenvalue weighted by Gasteiger charge is 2.42. The summed E-state index contributed by atoms with van der Waals surface area (Å²) < 4.78 is 13.5. The number of hydrogen-bond donors (Lipinski definition) is 2. The Morgan fingerprint density at radius 1 is 1.29 bits per heavy atom. The fraction of sp³-hybridized carbons (Fsp3) is 0.238. The first-order valence-corrected chi connectivity index (χ1v) is 9.44. The van der Waals surface area contributed by atoms with Gasteiger partial charge in [-0.3, -0.25) is 9.89 Å². The minimum absolute atomic E-state index is 0.0375. The number of phenolic OH excluding ortho intramolecular Hbond substituents is 1. The lowest BCUT2D eigenvalue weighted by Crippen LogP contribution is -2.30. The lowest BCUT2D eigenvalue weighted by Gasteiger charge is -2.26. The molecule has 1 aliphatic rings. The van der Waals surface area contributed by atoms with E-state index in [1.807, 2.05) is 6.92 Å². The molecular weight excluding hydrogens is 381 g/mol. The SMILES string of the molecule is CCCN1C(=O)c2[nH]nc(-c3cc(Cl)c(C)cc3O)c2C1c1ccc(F)cc1. The number of nitrogens with zero attached hydrogens (tertiary/aromatic N) is 2. The summed E-state index contributed by atoms with van der Waals surface area (Å²) in [5.74, 6) is -0.469. The van der Waals surface area contributed by atoms with E-state index in [1.165, 1.54) is 12.1 Å². The molecule has 2 heterocycles. The van der Waals surface area contributed by atoms with Gasteiger partial charge in [0.1, 0.15) is 23.0 Å². The molecule has 0 bridgehead atoms. The van der Waals surface area contributed by atoms with E-state index >= 15 is 0 Å². The highest BCUT2D eigenvalue weighted by Crippen LogP contribution is 2.45. The Kier molecular flexibility index (Phi) is 4.59. The van der Waals surface area contributed by atoms with E-state index in [9.17, 15) is 14.3 Å². The zero-order chi connectivity index (χ0) is 20.0. The van der Waals surface area contributed by atoms with Crippen LogP contribution in [0.3, 0.4) is 0 Å². The van der Waals surface area contributed by atoms with Crippen molar-refractivity contribution in [2.75, 3.05) is 6.54 Å². The fourth-order valence-electron chi connectivity index (χ4n) is 3.72. The monoisotopic (exact) mass is 399 g/mol. The standard InChI is InChI=1S/C21H19ClFN3O2/c1-3-8-26-20(12-4-6-13(23)7-5-12)17-18(24-25-19(17)21(26)28)14-10-15(22)11(2)9-16(14)27/h4-7,9-10,20,27H,3,8H2,1-2H3,(H,24,25). The minimum atomic E-state index is -0.420. The fourth-order valence-corrected chi connectivity index (χ4v) is 3.88. The van der Waals surface area contributed by atoms with Gasteiger partial charge in [-0.2, -0.15) is 5.10 Å². The van der Waals surface area contributed by atoms with Crippen molar-refractivity contribution >= 4 is 17.5 Å². The summed E-state index contributed by atoms with van der Waals surface area (Å²) in [6, 6.07) is 8.90. The summed E-state index contributed by atoms with van der Waals surface area (Å²) >= 11 is 6.26. The number of rotatable bonds is 4. The van der Waals surface area contributed by atoms with Crippen LogP contribution < -0.4 is 0 Å². The topological polar surface area (TPSA) is 69.2 Å². The second kappa shape index (κ2) is 6.95. The van der Waals surface area contributed by atoms with E-state index in [-0.39, 0.29) is 17.5 Å². The van der Waals surface area contributed by atoms with Crippen LogP contribution in [0.1, 0.15) is 46.6 Å². The lowest BCUT2D eigenvalue weighted by molar-refractivity contribution is 0.0744. The van der Waals surface area contributed by atoms with Gasteiger partial charge in [0, 0.05) is 22.7 Å². The minimum Gasteiger partial charge on any atom is -0.507 e. The Morgan fingerprint density at radius 3 is 2.68 bits per heavy atom. The van der Waals surface area contributed by atoms with Gasteiger partial charge in [-0.1, -0.05) is 30.7 Å². The van der Waals surface area contributed by atoms with Crippen LogP contribution in [0.25, 0.3) is 11.3 Å². The van der Waals surface area contributed by atoms with Gasteiger partial charge >= 0.3 is 0 Å². The van der Waals surface area contributed by atoms with Gasteiger partial charge in [0.15, 0.2) is 0 Å². The number of fused-ring (bicyclic) bond motifs is 1. The number of amides is 1. The first-order chi connectivity index (χ1) is 13.4. The summed E-state index contributed by atoms with van der Waals surface area (Å²) in [5.41, 5.74) is 3.49. The van der Waals surface area contributed by atoms with Gasteiger partial charge in [0.2, 0.25) is 0 Å². The van der Waals surface area contributed by atoms with Crippen molar-refractivity contribution in [1.29, 1.82) is 0 Å². The normalized spacial score (nSPS) is 15.9. The average Bonchev–Trinajstić information content (AvgIpc) is 3.20. The predicted molar refractivity (Wildman–Crippen MR) is 105 cm³/mol. The van der Waals surface area contributed by atoms with Crippen LogP contribution in [0.15, 0.2) is 36.4 Å². The van der Waals surface area contributed by atoms with Gasteiger partial charge in [0.25, 0.3) is 5.91 Å². The van der Waals surface area contributed by atoms with Crippen LogP contribution in [0.4, 0.5) is 4.39 Å². The largest absolute Gasteiger partial charge is 0.507 e. The molecule has 144 valence electrons. The first-order valence-electron chi connectivity index (χ1n) is 9.06. The predicted octanol–water partition coefficient (Wildman–Crippen LogP) is 4.84. The molecule has 0 saturated carbocycles. The van der Waals surface area contributed by atoms with E-state index < -0.39 is 6.04 Å². The molecule has 0 aliphatic carbocycles. The Hall–Kier alpha value is -2.86. The Balaban J connectivity index is 1.92. The molecule has 0 radical (unpaired) electrons. The van der Waals surface area contributed by atoms with E-state index in [4.69, 9.17) is 11.6 Å². The van der Waals surface area contributed by atoms with Crippen LogP contribution in [-0.2, 0) is 0 Å². The molecule has 0 spiro atoms. The van der Waals surface area contributed by atoms with E-state index in [0.717, 1.165) is 17.5 Å². The Morgan fingerprint density at radius 2 is 2.00 bits per heavy atom. The maximum Gasteiger partial charge on any atom is 0.273 e. The molecule has 5 nitrogen and oxygen atoms in total. The maximum atomic E-state index is 13.5. The van der Waals surface area contributed by atoms with Crippen molar-refractivity contribution in [2.45, 2.75) is 26.3 Å². The van der Waals surface area contributed by atoms with E-state index in [0.29, 0.717) is 34.1 Å². The number of halogens is 2. The second-order valence-electron chi connectivity index (χ2n) is 6.93. The summed E-state index contributed by atoms with van der Waals surface area (Å²) in [5, 5.41) is 18.1. The Bertz CT molecular complexity index is 1060. The molecule has 0 fully saturated rings. The van der Waals surface area contributed by atoms with Crippen molar-refractivity contribution in [1.82, 2.24) is 15.1 Å². The smallest absolute Gasteiger partial charge is 0.273 e. The van der Waals surface area contributed by atoms with Crippen LogP contribution >= 0.6 is 11.6 Å². The maximum absolute atomic E-state index is 13.5. The molecule has 3 aromatic rings. The number of hydrogen-bond acceptors (Lipinski definition) is 3. The first kappa shape index (κ1) is 18.5. The quantitative estimate of drug-likeness (QED) is 0.659. The van der Waals surface area contributed by atoms with Crippen LogP contribution in [0.2, 0.25) is 5.02 Å². The van der Waals surface area contributed by atoms with Crippen molar-refractivity contribution in [3.63, 3.8) is 0 Å². The molecule has 1 amide bonds. The molecule has 1 atom stereocenters. The van der Waals surface area contributed by atoms with Gasteiger partial charge in [-0.05, 0) is 48.7 Å². The third kappa shape index (κ3) is 2.85. The molecule has 28 heavy (non-hydrogen) atoms. The van der Waals surface area contributed by atoms with Gasteiger partial charge < -0.3 is 10.0 Å². The summed E-state index contributed by atoms with van der Waals surface area (Å²) in [4.78, 5) is 14.7. The molecule has 4 rings (SSSR count). The molecule has 1 aromatic heterocycles. The molecular formula is C21H19ClFN3O2. The van der Waals surface area contributed by atoms with Crippen molar-refractivity contribution < 1.29 is 14.3 Å². The number of carbonyl (C=O) groups excluding carboxylic acids is 1. The zero-order valence-corrected chi connectivity index (χ0v) is 16.2. The number of aromatic nitrogens is 2. The highest BCUT2D eigenvalue weighted by atomic mass is 35.5. The van der Waals surface area contributed by atoms with Crippen molar-refractivity contribution in [3.8, 4) is 17.0 Å². The van der Waals surface area contributed by atoms with Crippen molar-refractivity contribution in [3.05, 3.63) is 69.6 Å². The molecule has 1 unspecified atom stereocenters. The lowest BCUT2D eigenvalue weighted by atomic mass is 9.95. The van der Waals surface area contributed by atoms with E-state index in [2.05, 4.69) is 10.2 Å². The molecule has 7 heteroatoms. The third-order valence-electron chi connectivity index (χ3n) is 5.05. The van der Waals surface area contributed by atoms with Crippen LogP contribution in [-0.4, -0.2) is 32.7 Å². The molecule has 1 aliphatic heterocycles. The van der Waals surface area contributed by atoms with Crippen molar-refractivity contribution in [2.24, 2.45) is 0 Å². The Labute approximate surface area is 166 Å². The van der Waals surface area contributed by atoms with Crippen LogP contribution in [0.5, 0.6) is 5.75 Å². The number of H-pyrrole nitrogens is 1. The van der Waals surface area contributed by atoms with Crippen LogP contribution in [0, 0.1) is 12.7 Å². The second-order valence-corrected chi connectivity index (χ2v) is 7.34. The number of aromatic amines is 1. The summed E-state index contributed by atoms with van der Waals surface area (Å²) in [6.45, 7) is 4.34. The molecule has 2 N–H and O–H groups in total. The number of aromatic hydroxyl groups is 1. The number of carbonyl (C=O) groups is 1. The van der Waals surface area contributed by atoms with E-state index in [1.54, 1.807) is 36.1 Å². The van der Waals surface area contributed by atoms with Gasteiger partial charge in [-0.25, -0.2) is 4.39 Å². The number of aryl methyl sites for hydroxylation is 1. The average molecular weight is 400 g/mol. The molecule has 0 saturated heterocycles. The number of phenols is 1. The summed E-state index contributed by atoms with van der Waals surface area (Å²) in [6.07, 6.45) is 0.776. The van der Waals surface area contributed by atoms with Gasteiger partial charge in [-0.15, -0.1) is 0 Å². The number of benzene rings is 2. The van der Waals surface area contributed by atoms with Gasteiger partial charge in [0.05, 0.1) is 6.04 Å². The summed E-state index contributed by atoms with van der Waals surface area (Å²) in [7, 11) is 0.